The lowest BCUT2D eigenvalue weighted by molar-refractivity contribution is -0.130. The van der Waals surface area contributed by atoms with Gasteiger partial charge in [-0.05, 0) is 42.8 Å². The number of nitrogens with zero attached hydrogens (tertiary/aromatic N) is 1. The summed E-state index contributed by atoms with van der Waals surface area (Å²) in [5.41, 5.74) is -1.10. The maximum Gasteiger partial charge on any atom is 0.325 e. The zero-order valence-electron chi connectivity index (χ0n) is 14.6. The van der Waals surface area contributed by atoms with E-state index in [9.17, 15) is 23.2 Å². The maximum absolute atomic E-state index is 13.4. The minimum Gasteiger partial charge on any atom is -0.454 e. The number of hydrogen-bond donors (Lipinski definition) is 1. The molecule has 0 radical (unpaired) electrons. The number of Topliss-reactive ketones (excluding diaryl/α,β-unsaturated/α-hetero) is 1. The van der Waals surface area contributed by atoms with Crippen molar-refractivity contribution in [3.05, 3.63) is 59.2 Å². The first-order valence-corrected chi connectivity index (χ1v) is 8.32. The Morgan fingerprint density at radius 3 is 2.61 bits per heavy atom. The third-order valence-electron chi connectivity index (χ3n) is 4.77. The van der Waals surface area contributed by atoms with Crippen LogP contribution in [0.1, 0.15) is 22.8 Å². The number of nitrogens with one attached hydrogen (secondary N) is 1. The number of ether oxygens (including phenoxy) is 2. The lowest BCUT2D eigenvalue weighted by Crippen LogP contribution is -2.41. The van der Waals surface area contributed by atoms with Crippen molar-refractivity contribution in [2.24, 2.45) is 0 Å². The highest BCUT2D eigenvalue weighted by Gasteiger charge is 2.49. The van der Waals surface area contributed by atoms with Crippen molar-refractivity contribution in [1.29, 1.82) is 0 Å². The molecular weight excluding hydrogens is 374 g/mol. The molecule has 2 aliphatic heterocycles. The lowest BCUT2D eigenvalue weighted by Gasteiger charge is -2.22. The van der Waals surface area contributed by atoms with E-state index in [0.717, 1.165) is 23.1 Å². The van der Waals surface area contributed by atoms with E-state index in [1.807, 2.05) is 0 Å². The second-order valence-electron chi connectivity index (χ2n) is 6.57. The number of carbonyl (C=O) groups is 3. The molecule has 0 aliphatic carbocycles. The standard InChI is InChI=1S/C19H14F2N2O5/c1-19(11-3-5-15-16(7-11)28-9-27-15)17(25)23(18(26)22-19)8-14(24)10-2-4-12(20)13(21)6-10/h2-7H,8-9H2,1H3,(H,22,26)/t19-/m0/s1. The summed E-state index contributed by atoms with van der Waals surface area (Å²) in [5.74, 6) is -2.66. The first kappa shape index (κ1) is 17.9. The molecule has 4 rings (SSSR count). The van der Waals surface area contributed by atoms with Gasteiger partial charge in [0.05, 0.1) is 6.54 Å². The molecule has 2 aromatic carbocycles. The van der Waals surface area contributed by atoms with Crippen LogP contribution in [0.2, 0.25) is 0 Å². The summed E-state index contributed by atoms with van der Waals surface area (Å²) < 4.78 is 36.9. The molecule has 0 saturated carbocycles. The van der Waals surface area contributed by atoms with Gasteiger partial charge in [-0.3, -0.25) is 14.5 Å². The quantitative estimate of drug-likeness (QED) is 0.642. The van der Waals surface area contributed by atoms with Gasteiger partial charge in [-0.1, -0.05) is 6.07 Å². The van der Waals surface area contributed by atoms with E-state index < -0.39 is 41.4 Å². The van der Waals surface area contributed by atoms with E-state index in [2.05, 4.69) is 5.32 Å². The number of amides is 3. The summed E-state index contributed by atoms with van der Waals surface area (Å²) in [7, 11) is 0. The summed E-state index contributed by atoms with van der Waals surface area (Å²) >= 11 is 0. The van der Waals surface area contributed by atoms with Gasteiger partial charge in [0.15, 0.2) is 28.9 Å². The largest absolute Gasteiger partial charge is 0.454 e. The number of urea groups is 1. The highest BCUT2D eigenvalue weighted by Crippen LogP contribution is 2.37. The van der Waals surface area contributed by atoms with E-state index in [4.69, 9.17) is 9.47 Å². The number of hydrogen-bond acceptors (Lipinski definition) is 5. The Bertz CT molecular complexity index is 1030. The van der Waals surface area contributed by atoms with Gasteiger partial charge in [-0.15, -0.1) is 0 Å². The predicted molar refractivity (Wildman–Crippen MR) is 90.9 cm³/mol. The fraction of sp³-hybridized carbons (Fsp3) is 0.211. The molecule has 2 aromatic rings. The van der Waals surface area contributed by atoms with E-state index >= 15 is 0 Å². The third kappa shape index (κ3) is 2.75. The van der Waals surface area contributed by atoms with Crippen molar-refractivity contribution in [1.82, 2.24) is 10.2 Å². The zero-order chi connectivity index (χ0) is 20.1. The van der Waals surface area contributed by atoms with Crippen LogP contribution in [0.25, 0.3) is 0 Å². The Balaban J connectivity index is 1.58. The van der Waals surface area contributed by atoms with Gasteiger partial charge < -0.3 is 14.8 Å². The summed E-state index contributed by atoms with van der Waals surface area (Å²) in [4.78, 5) is 38.4. The van der Waals surface area contributed by atoms with Gasteiger partial charge in [0.25, 0.3) is 5.91 Å². The van der Waals surface area contributed by atoms with E-state index in [-0.39, 0.29) is 12.4 Å². The lowest BCUT2D eigenvalue weighted by atomic mass is 9.91. The van der Waals surface area contributed by atoms with Crippen LogP contribution >= 0.6 is 0 Å². The molecule has 0 aromatic heterocycles. The molecule has 7 nitrogen and oxygen atoms in total. The molecule has 0 bridgehead atoms. The number of rotatable bonds is 4. The molecular formula is C19H14F2N2O5. The predicted octanol–water partition coefficient (Wildman–Crippen LogP) is 2.34. The molecule has 0 unspecified atom stereocenters. The normalized spacial score (nSPS) is 20.5. The Kier molecular flexibility index (Phi) is 4.02. The molecule has 3 amide bonds. The molecule has 144 valence electrons. The van der Waals surface area contributed by atoms with Gasteiger partial charge in [0.1, 0.15) is 5.54 Å². The number of halogens is 2. The Morgan fingerprint density at radius 1 is 1.11 bits per heavy atom. The topological polar surface area (TPSA) is 84.9 Å². The van der Waals surface area contributed by atoms with Crippen LogP contribution in [-0.2, 0) is 10.3 Å². The Morgan fingerprint density at radius 2 is 1.86 bits per heavy atom. The van der Waals surface area contributed by atoms with E-state index in [1.165, 1.54) is 6.92 Å². The molecule has 2 aliphatic rings. The minimum absolute atomic E-state index is 0.0602. The second-order valence-corrected chi connectivity index (χ2v) is 6.57. The third-order valence-corrected chi connectivity index (χ3v) is 4.77. The van der Waals surface area contributed by atoms with Crippen molar-refractivity contribution >= 4 is 17.7 Å². The number of fused-ring (bicyclic) bond motifs is 1. The summed E-state index contributed by atoms with van der Waals surface area (Å²) in [6, 6.07) is 6.70. The minimum atomic E-state index is -1.41. The average Bonchev–Trinajstić information content (AvgIpc) is 3.22. The molecule has 28 heavy (non-hydrogen) atoms. The summed E-state index contributed by atoms with van der Waals surface area (Å²) in [6.07, 6.45) is 0. The van der Waals surface area contributed by atoms with Gasteiger partial charge in [0.2, 0.25) is 6.79 Å². The van der Waals surface area contributed by atoms with Crippen LogP contribution in [0, 0.1) is 11.6 Å². The number of carbonyl (C=O) groups excluding carboxylic acids is 3. The number of benzene rings is 2. The van der Waals surface area contributed by atoms with Crippen LogP contribution in [0.5, 0.6) is 11.5 Å². The van der Waals surface area contributed by atoms with E-state index in [1.54, 1.807) is 18.2 Å². The van der Waals surface area contributed by atoms with Crippen molar-refractivity contribution < 1.29 is 32.6 Å². The van der Waals surface area contributed by atoms with Gasteiger partial charge in [-0.25, -0.2) is 13.6 Å². The highest BCUT2D eigenvalue weighted by atomic mass is 19.2. The smallest absolute Gasteiger partial charge is 0.325 e. The number of imide groups is 1. The zero-order valence-corrected chi connectivity index (χ0v) is 14.6. The molecule has 1 N–H and O–H groups in total. The summed E-state index contributed by atoms with van der Waals surface area (Å²) in [5, 5.41) is 2.57. The average molecular weight is 388 g/mol. The Labute approximate surface area is 157 Å². The highest BCUT2D eigenvalue weighted by molar-refractivity contribution is 6.11. The second kappa shape index (κ2) is 6.29. The van der Waals surface area contributed by atoms with Crippen molar-refractivity contribution in [3.8, 4) is 11.5 Å². The van der Waals surface area contributed by atoms with Gasteiger partial charge in [-0.2, -0.15) is 0 Å². The van der Waals surface area contributed by atoms with Crippen LogP contribution in [0.4, 0.5) is 13.6 Å². The van der Waals surface area contributed by atoms with Crippen LogP contribution < -0.4 is 14.8 Å². The fourth-order valence-corrected chi connectivity index (χ4v) is 3.15. The fourth-order valence-electron chi connectivity index (χ4n) is 3.15. The molecule has 9 heteroatoms. The molecule has 1 saturated heterocycles. The summed E-state index contributed by atoms with van der Waals surface area (Å²) in [6.45, 7) is 0.966. The Hall–Kier alpha value is -3.49. The molecule has 1 fully saturated rings. The number of ketones is 1. The monoisotopic (exact) mass is 388 g/mol. The van der Waals surface area contributed by atoms with Crippen molar-refractivity contribution in [2.45, 2.75) is 12.5 Å². The maximum atomic E-state index is 13.4. The van der Waals surface area contributed by atoms with E-state index in [0.29, 0.717) is 17.1 Å². The first-order valence-electron chi connectivity index (χ1n) is 8.32. The first-order chi connectivity index (χ1) is 13.3. The SMILES string of the molecule is C[C@@]1(c2ccc3c(c2)OCO3)NC(=O)N(CC(=O)c2ccc(F)c(F)c2)C1=O. The molecule has 1 atom stereocenters. The molecule has 2 heterocycles. The van der Waals surface area contributed by atoms with Crippen molar-refractivity contribution in [2.75, 3.05) is 13.3 Å². The van der Waals surface area contributed by atoms with Crippen molar-refractivity contribution in [3.63, 3.8) is 0 Å². The van der Waals surface area contributed by atoms with Crippen LogP contribution in [0.15, 0.2) is 36.4 Å². The van der Waals surface area contributed by atoms with Gasteiger partial charge in [0, 0.05) is 5.56 Å². The van der Waals surface area contributed by atoms with Crippen LogP contribution in [-0.4, -0.2) is 36.0 Å². The van der Waals surface area contributed by atoms with Crippen LogP contribution in [0.3, 0.4) is 0 Å². The molecule has 0 spiro atoms. The van der Waals surface area contributed by atoms with Gasteiger partial charge >= 0.3 is 6.03 Å².